The zero-order chi connectivity index (χ0) is 17.1. The lowest BCUT2D eigenvalue weighted by Crippen LogP contribution is -2.31. The molecule has 0 fully saturated rings. The fourth-order valence-corrected chi connectivity index (χ4v) is 2.97. The van der Waals surface area contributed by atoms with Gasteiger partial charge in [-0.25, -0.2) is 0 Å². The minimum Gasteiger partial charge on any atom is -0.481 e. The lowest BCUT2D eigenvalue weighted by molar-refractivity contribution is -0.138. The smallest absolute Gasteiger partial charge is 0.310 e. The summed E-state index contributed by atoms with van der Waals surface area (Å²) in [6.07, 6.45) is 0.953. The topological polar surface area (TPSA) is 69.6 Å². The summed E-state index contributed by atoms with van der Waals surface area (Å²) in [6.45, 7) is 2.75. The van der Waals surface area contributed by atoms with Gasteiger partial charge in [-0.3, -0.25) is 9.59 Å². The van der Waals surface area contributed by atoms with Crippen LogP contribution in [0.15, 0.2) is 48.5 Å². The van der Waals surface area contributed by atoms with Crippen molar-refractivity contribution in [2.45, 2.75) is 19.3 Å². The molecule has 124 valence electrons. The van der Waals surface area contributed by atoms with E-state index in [1.807, 2.05) is 18.2 Å². The van der Waals surface area contributed by atoms with Gasteiger partial charge in [-0.1, -0.05) is 30.3 Å². The summed E-state index contributed by atoms with van der Waals surface area (Å²) in [5, 5.41) is 12.0. The number of nitrogens with zero attached hydrogens (tertiary/aromatic N) is 1. The lowest BCUT2D eigenvalue weighted by atomic mass is 10.0. The number of fused-ring (bicyclic) bond motifs is 1. The van der Waals surface area contributed by atoms with E-state index < -0.39 is 11.9 Å². The Kier molecular flexibility index (Phi) is 4.51. The van der Waals surface area contributed by atoms with Crippen molar-refractivity contribution in [2.75, 3.05) is 23.3 Å². The standard InChI is InChI=1S/C19H20N2O3/c1-13(19(23)24)15-6-4-7-16(11-15)20-18(22)12-21-10-9-14-5-2-3-8-17(14)21/h2-8,11,13H,9-10,12H2,1H3,(H,20,22)(H,23,24). The van der Waals surface area contributed by atoms with Gasteiger partial charge in [0.05, 0.1) is 12.5 Å². The van der Waals surface area contributed by atoms with Crippen LogP contribution in [0, 0.1) is 0 Å². The zero-order valence-electron chi connectivity index (χ0n) is 13.5. The quantitative estimate of drug-likeness (QED) is 0.887. The molecule has 0 aliphatic carbocycles. The molecule has 1 aliphatic rings. The van der Waals surface area contributed by atoms with E-state index in [4.69, 9.17) is 5.11 Å². The number of carbonyl (C=O) groups is 2. The summed E-state index contributed by atoms with van der Waals surface area (Å²) in [4.78, 5) is 25.5. The Balaban J connectivity index is 1.66. The van der Waals surface area contributed by atoms with Gasteiger partial charge in [0.25, 0.3) is 0 Å². The molecule has 2 aromatic rings. The summed E-state index contributed by atoms with van der Waals surface area (Å²) >= 11 is 0. The molecule has 0 saturated carbocycles. The van der Waals surface area contributed by atoms with Crippen LogP contribution in [0.4, 0.5) is 11.4 Å². The highest BCUT2D eigenvalue weighted by molar-refractivity contribution is 5.94. The van der Waals surface area contributed by atoms with Crippen molar-refractivity contribution < 1.29 is 14.7 Å². The Morgan fingerprint density at radius 2 is 2.00 bits per heavy atom. The van der Waals surface area contributed by atoms with E-state index in [-0.39, 0.29) is 12.5 Å². The Labute approximate surface area is 140 Å². The van der Waals surface area contributed by atoms with Gasteiger partial charge < -0.3 is 15.3 Å². The van der Waals surface area contributed by atoms with Gasteiger partial charge in [0.2, 0.25) is 5.91 Å². The highest BCUT2D eigenvalue weighted by atomic mass is 16.4. The van der Waals surface area contributed by atoms with Gasteiger partial charge in [-0.15, -0.1) is 0 Å². The first-order valence-corrected chi connectivity index (χ1v) is 8.00. The largest absolute Gasteiger partial charge is 0.481 e. The average molecular weight is 324 g/mol. The van der Waals surface area contributed by atoms with E-state index in [0.717, 1.165) is 18.7 Å². The van der Waals surface area contributed by atoms with Crippen molar-refractivity contribution in [2.24, 2.45) is 0 Å². The van der Waals surface area contributed by atoms with Crippen LogP contribution in [0.3, 0.4) is 0 Å². The normalized spacial score (nSPS) is 14.1. The molecule has 2 aromatic carbocycles. The molecule has 0 aromatic heterocycles. The highest BCUT2D eigenvalue weighted by Gasteiger charge is 2.20. The summed E-state index contributed by atoms with van der Waals surface area (Å²) in [5.41, 5.74) is 3.67. The molecule has 2 N–H and O–H groups in total. The summed E-state index contributed by atoms with van der Waals surface area (Å²) in [7, 11) is 0. The Morgan fingerprint density at radius 3 is 2.79 bits per heavy atom. The predicted octanol–water partition coefficient (Wildman–Crippen LogP) is 2.88. The van der Waals surface area contributed by atoms with Crippen LogP contribution in [0.1, 0.15) is 24.0 Å². The van der Waals surface area contributed by atoms with E-state index in [2.05, 4.69) is 16.3 Å². The molecule has 1 unspecified atom stereocenters. The van der Waals surface area contributed by atoms with E-state index in [1.54, 1.807) is 31.2 Å². The number of carbonyl (C=O) groups excluding carboxylic acids is 1. The van der Waals surface area contributed by atoms with E-state index in [0.29, 0.717) is 11.3 Å². The van der Waals surface area contributed by atoms with Crippen LogP contribution in [-0.2, 0) is 16.0 Å². The van der Waals surface area contributed by atoms with Crippen LogP contribution in [0.5, 0.6) is 0 Å². The second-order valence-corrected chi connectivity index (χ2v) is 6.03. The van der Waals surface area contributed by atoms with Crippen LogP contribution in [-0.4, -0.2) is 30.1 Å². The number of anilines is 2. The Morgan fingerprint density at radius 1 is 1.21 bits per heavy atom. The number of rotatable bonds is 5. The van der Waals surface area contributed by atoms with Gasteiger partial charge in [0.1, 0.15) is 0 Å². The SMILES string of the molecule is CC(C(=O)O)c1cccc(NC(=O)CN2CCc3ccccc32)c1. The maximum atomic E-state index is 12.3. The van der Waals surface area contributed by atoms with Gasteiger partial charge in [-0.05, 0) is 42.7 Å². The monoisotopic (exact) mass is 324 g/mol. The zero-order valence-corrected chi connectivity index (χ0v) is 13.5. The molecule has 5 heteroatoms. The number of aliphatic carboxylic acids is 1. The maximum absolute atomic E-state index is 12.3. The minimum absolute atomic E-state index is 0.105. The summed E-state index contributed by atoms with van der Waals surface area (Å²) in [6, 6.07) is 15.1. The van der Waals surface area contributed by atoms with Crippen molar-refractivity contribution in [3.8, 4) is 0 Å². The molecule has 0 saturated heterocycles. The molecular weight excluding hydrogens is 304 g/mol. The molecule has 1 amide bonds. The van der Waals surface area contributed by atoms with Gasteiger partial charge in [0.15, 0.2) is 0 Å². The van der Waals surface area contributed by atoms with E-state index in [1.165, 1.54) is 5.56 Å². The fourth-order valence-electron chi connectivity index (χ4n) is 2.97. The predicted molar refractivity (Wildman–Crippen MR) is 93.5 cm³/mol. The number of para-hydroxylation sites is 1. The summed E-state index contributed by atoms with van der Waals surface area (Å²) < 4.78 is 0. The number of amides is 1. The third-order valence-corrected chi connectivity index (χ3v) is 4.36. The molecule has 1 atom stereocenters. The highest BCUT2D eigenvalue weighted by Crippen LogP contribution is 2.27. The Hall–Kier alpha value is -2.82. The van der Waals surface area contributed by atoms with Crippen molar-refractivity contribution in [1.29, 1.82) is 0 Å². The summed E-state index contributed by atoms with van der Waals surface area (Å²) in [5.74, 6) is -1.59. The van der Waals surface area contributed by atoms with Gasteiger partial charge in [-0.2, -0.15) is 0 Å². The number of nitrogens with one attached hydrogen (secondary N) is 1. The van der Waals surface area contributed by atoms with Crippen molar-refractivity contribution in [3.05, 3.63) is 59.7 Å². The molecule has 0 spiro atoms. The fraction of sp³-hybridized carbons (Fsp3) is 0.263. The second-order valence-electron chi connectivity index (χ2n) is 6.03. The van der Waals surface area contributed by atoms with Crippen LogP contribution >= 0.6 is 0 Å². The van der Waals surface area contributed by atoms with Crippen molar-refractivity contribution in [1.82, 2.24) is 0 Å². The number of hydrogen-bond acceptors (Lipinski definition) is 3. The van der Waals surface area contributed by atoms with Crippen LogP contribution in [0.25, 0.3) is 0 Å². The first kappa shape index (κ1) is 16.1. The third kappa shape index (κ3) is 3.40. The molecule has 3 rings (SSSR count). The van der Waals surface area contributed by atoms with E-state index >= 15 is 0 Å². The number of carboxylic acids is 1. The number of benzene rings is 2. The van der Waals surface area contributed by atoms with E-state index in [9.17, 15) is 9.59 Å². The number of carboxylic acid groups (broad SMARTS) is 1. The van der Waals surface area contributed by atoms with Crippen LogP contribution < -0.4 is 10.2 Å². The number of hydrogen-bond donors (Lipinski definition) is 2. The lowest BCUT2D eigenvalue weighted by Gasteiger charge is -2.19. The van der Waals surface area contributed by atoms with Crippen molar-refractivity contribution in [3.63, 3.8) is 0 Å². The molecule has 1 aliphatic heterocycles. The minimum atomic E-state index is -0.882. The van der Waals surface area contributed by atoms with Gasteiger partial charge >= 0.3 is 5.97 Å². The maximum Gasteiger partial charge on any atom is 0.310 e. The first-order valence-electron chi connectivity index (χ1n) is 8.00. The Bertz CT molecular complexity index is 773. The average Bonchev–Trinajstić information content (AvgIpc) is 2.97. The second kappa shape index (κ2) is 6.74. The van der Waals surface area contributed by atoms with Crippen LogP contribution in [0.2, 0.25) is 0 Å². The molecule has 5 nitrogen and oxygen atoms in total. The molecular formula is C19H20N2O3. The van der Waals surface area contributed by atoms with Crippen molar-refractivity contribution >= 4 is 23.3 Å². The van der Waals surface area contributed by atoms with Gasteiger partial charge in [0, 0.05) is 17.9 Å². The third-order valence-electron chi connectivity index (χ3n) is 4.36. The molecule has 0 bridgehead atoms. The molecule has 0 radical (unpaired) electrons. The molecule has 24 heavy (non-hydrogen) atoms. The first-order chi connectivity index (χ1) is 11.5. The molecule has 1 heterocycles.